The summed E-state index contributed by atoms with van der Waals surface area (Å²) in [6.07, 6.45) is 0. The van der Waals surface area contributed by atoms with Crippen molar-refractivity contribution in [3.05, 3.63) is 40.2 Å². The highest BCUT2D eigenvalue weighted by Crippen LogP contribution is 2.17. The van der Waals surface area contributed by atoms with Gasteiger partial charge in [0.05, 0.1) is 5.52 Å². The summed E-state index contributed by atoms with van der Waals surface area (Å²) < 4.78 is 1.16. The molecule has 1 aromatic carbocycles. The van der Waals surface area contributed by atoms with Crippen LogP contribution in [0.15, 0.2) is 29.1 Å². The predicted octanol–water partition coefficient (Wildman–Crippen LogP) is 2.50. The molecule has 0 spiro atoms. The molecule has 2 aromatic rings. The van der Waals surface area contributed by atoms with E-state index >= 15 is 0 Å². The number of nitrogens with one attached hydrogen (secondary N) is 1. The van der Waals surface area contributed by atoms with E-state index in [1.165, 1.54) is 0 Å². The van der Waals surface area contributed by atoms with E-state index in [2.05, 4.69) is 5.32 Å². The van der Waals surface area contributed by atoms with Gasteiger partial charge in [0.15, 0.2) is 0 Å². The number of carbonyl (C=O) groups excluding carboxylic acids is 1. The lowest BCUT2D eigenvalue weighted by Crippen LogP contribution is -2.40. The molecule has 0 aliphatic heterocycles. The molecular weight excluding hydrogens is 266 g/mol. The molecule has 0 aliphatic rings. The van der Waals surface area contributed by atoms with Crippen LogP contribution in [0.5, 0.6) is 0 Å². The lowest BCUT2D eigenvalue weighted by molar-refractivity contribution is 0.237. The Kier molecular flexibility index (Phi) is 3.77. The zero-order valence-corrected chi connectivity index (χ0v) is 12.9. The Labute approximate surface area is 123 Å². The average Bonchev–Trinajstić information content (AvgIpc) is 2.37. The van der Waals surface area contributed by atoms with Crippen LogP contribution in [0, 0.1) is 12.3 Å². The largest absolute Gasteiger partial charge is 0.399 e. The Hall–Kier alpha value is -2.30. The fraction of sp³-hybridized carbons (Fsp3) is 0.375. The van der Waals surface area contributed by atoms with E-state index in [0.29, 0.717) is 23.3 Å². The maximum atomic E-state index is 12.4. The standard InChI is InChI=1S/C16H21N3O2/c1-10-7-11-5-6-12(17)8-13(11)19(14(10)20)15(21)18-9-16(2,3)4/h5-8H,9,17H2,1-4H3,(H,18,21). The number of anilines is 1. The molecule has 21 heavy (non-hydrogen) atoms. The minimum atomic E-state index is -0.422. The summed E-state index contributed by atoms with van der Waals surface area (Å²) in [7, 11) is 0. The third kappa shape index (κ3) is 3.24. The molecule has 0 saturated heterocycles. The number of pyridine rings is 1. The normalized spacial score (nSPS) is 11.6. The van der Waals surface area contributed by atoms with Gasteiger partial charge in [0.2, 0.25) is 0 Å². The molecule has 0 atom stereocenters. The summed E-state index contributed by atoms with van der Waals surface area (Å²) in [5.74, 6) is 0. The number of amides is 1. The number of benzene rings is 1. The van der Waals surface area contributed by atoms with Gasteiger partial charge in [-0.15, -0.1) is 0 Å². The number of hydrogen-bond acceptors (Lipinski definition) is 3. The Morgan fingerprint density at radius 2 is 1.95 bits per heavy atom. The van der Waals surface area contributed by atoms with E-state index in [4.69, 9.17) is 5.73 Å². The molecule has 0 fully saturated rings. The van der Waals surface area contributed by atoms with Crippen molar-refractivity contribution in [3.8, 4) is 0 Å². The number of nitrogen functional groups attached to an aromatic ring is 1. The Balaban J connectivity index is 2.56. The van der Waals surface area contributed by atoms with Gasteiger partial charge in [0.1, 0.15) is 0 Å². The number of nitrogens with two attached hydrogens (primary N) is 1. The number of rotatable bonds is 1. The zero-order valence-electron chi connectivity index (χ0n) is 12.9. The van der Waals surface area contributed by atoms with Gasteiger partial charge in [-0.2, -0.15) is 0 Å². The van der Waals surface area contributed by atoms with E-state index in [1.54, 1.807) is 25.1 Å². The van der Waals surface area contributed by atoms with Crippen LogP contribution in [0.2, 0.25) is 0 Å². The first-order valence-electron chi connectivity index (χ1n) is 6.89. The first-order chi connectivity index (χ1) is 9.69. The van der Waals surface area contributed by atoms with Crippen LogP contribution in [-0.4, -0.2) is 17.1 Å². The molecule has 0 radical (unpaired) electrons. The van der Waals surface area contributed by atoms with E-state index < -0.39 is 6.03 Å². The van der Waals surface area contributed by atoms with Crippen LogP contribution < -0.4 is 16.6 Å². The summed E-state index contributed by atoms with van der Waals surface area (Å²) >= 11 is 0. The molecule has 5 heteroatoms. The highest BCUT2D eigenvalue weighted by Gasteiger charge is 2.16. The van der Waals surface area contributed by atoms with E-state index in [0.717, 1.165) is 9.95 Å². The monoisotopic (exact) mass is 287 g/mol. The van der Waals surface area contributed by atoms with Crippen molar-refractivity contribution in [2.45, 2.75) is 27.7 Å². The van der Waals surface area contributed by atoms with Crippen molar-refractivity contribution in [3.63, 3.8) is 0 Å². The van der Waals surface area contributed by atoms with E-state index in [-0.39, 0.29) is 11.0 Å². The first kappa shape index (κ1) is 15.1. The van der Waals surface area contributed by atoms with Gasteiger partial charge >= 0.3 is 6.03 Å². The number of hydrogen-bond donors (Lipinski definition) is 2. The lowest BCUT2D eigenvalue weighted by atomic mass is 9.97. The second-order valence-electron chi connectivity index (χ2n) is 6.51. The third-order valence-corrected chi connectivity index (χ3v) is 3.18. The molecule has 1 amide bonds. The molecule has 0 saturated carbocycles. The molecule has 0 unspecified atom stereocenters. The van der Waals surface area contributed by atoms with Crippen LogP contribution in [0.25, 0.3) is 10.9 Å². The van der Waals surface area contributed by atoms with Gasteiger partial charge in [-0.05, 0) is 35.9 Å². The van der Waals surface area contributed by atoms with Gasteiger partial charge < -0.3 is 11.1 Å². The second-order valence-corrected chi connectivity index (χ2v) is 6.51. The van der Waals surface area contributed by atoms with Crippen molar-refractivity contribution < 1.29 is 4.79 Å². The fourth-order valence-electron chi connectivity index (χ4n) is 2.08. The smallest absolute Gasteiger partial charge is 0.329 e. The minimum absolute atomic E-state index is 0.0576. The molecule has 0 aliphatic carbocycles. The van der Waals surface area contributed by atoms with Crippen LogP contribution in [0.1, 0.15) is 26.3 Å². The van der Waals surface area contributed by atoms with Gasteiger partial charge in [0.25, 0.3) is 5.56 Å². The highest BCUT2D eigenvalue weighted by molar-refractivity contribution is 5.92. The maximum absolute atomic E-state index is 12.4. The maximum Gasteiger partial charge on any atom is 0.329 e. The number of aromatic nitrogens is 1. The number of aryl methyl sites for hydroxylation is 1. The van der Waals surface area contributed by atoms with Crippen molar-refractivity contribution in [2.24, 2.45) is 5.41 Å². The highest BCUT2D eigenvalue weighted by atomic mass is 16.2. The lowest BCUT2D eigenvalue weighted by Gasteiger charge is -2.19. The summed E-state index contributed by atoms with van der Waals surface area (Å²) in [4.78, 5) is 24.7. The third-order valence-electron chi connectivity index (χ3n) is 3.18. The summed E-state index contributed by atoms with van der Waals surface area (Å²) in [5.41, 5.74) is 6.97. The molecular formula is C16H21N3O2. The van der Waals surface area contributed by atoms with Gasteiger partial charge in [-0.1, -0.05) is 26.8 Å². The van der Waals surface area contributed by atoms with Crippen molar-refractivity contribution in [1.82, 2.24) is 9.88 Å². The van der Waals surface area contributed by atoms with Crippen LogP contribution >= 0.6 is 0 Å². The Bertz CT molecular complexity index is 754. The molecule has 0 bridgehead atoms. The topological polar surface area (TPSA) is 77.1 Å². The Morgan fingerprint density at radius 1 is 1.29 bits per heavy atom. The van der Waals surface area contributed by atoms with Crippen molar-refractivity contribution in [2.75, 3.05) is 12.3 Å². The molecule has 1 aromatic heterocycles. The fourth-order valence-corrected chi connectivity index (χ4v) is 2.08. The number of carbonyl (C=O) groups is 1. The van der Waals surface area contributed by atoms with Gasteiger partial charge in [-0.25, -0.2) is 9.36 Å². The van der Waals surface area contributed by atoms with Crippen LogP contribution in [-0.2, 0) is 0 Å². The SMILES string of the molecule is Cc1cc2ccc(N)cc2n(C(=O)NCC(C)(C)C)c1=O. The van der Waals surface area contributed by atoms with Crippen molar-refractivity contribution >= 4 is 22.6 Å². The summed E-state index contributed by atoms with van der Waals surface area (Å²) in [6.45, 7) is 8.23. The van der Waals surface area contributed by atoms with E-state index in [9.17, 15) is 9.59 Å². The molecule has 2 rings (SSSR count). The minimum Gasteiger partial charge on any atom is -0.399 e. The van der Waals surface area contributed by atoms with Crippen LogP contribution in [0.3, 0.4) is 0 Å². The van der Waals surface area contributed by atoms with Gasteiger partial charge in [-0.3, -0.25) is 4.79 Å². The molecule has 112 valence electrons. The zero-order chi connectivity index (χ0) is 15.8. The molecule has 1 heterocycles. The first-order valence-corrected chi connectivity index (χ1v) is 6.89. The average molecular weight is 287 g/mol. The van der Waals surface area contributed by atoms with Crippen LogP contribution in [0.4, 0.5) is 10.5 Å². The Morgan fingerprint density at radius 3 is 2.57 bits per heavy atom. The predicted molar refractivity (Wildman–Crippen MR) is 85.6 cm³/mol. The summed E-state index contributed by atoms with van der Waals surface area (Å²) in [5, 5.41) is 3.61. The summed E-state index contributed by atoms with van der Waals surface area (Å²) in [6, 6.07) is 6.56. The second kappa shape index (κ2) is 5.24. The number of nitrogens with zero attached hydrogens (tertiary/aromatic N) is 1. The van der Waals surface area contributed by atoms with E-state index in [1.807, 2.05) is 26.8 Å². The quantitative estimate of drug-likeness (QED) is 0.791. The number of fused-ring (bicyclic) bond motifs is 1. The van der Waals surface area contributed by atoms with Gasteiger partial charge in [0, 0.05) is 17.8 Å². The molecule has 3 N–H and O–H groups in total. The van der Waals surface area contributed by atoms with Crippen molar-refractivity contribution in [1.29, 1.82) is 0 Å². The molecule has 5 nitrogen and oxygen atoms in total.